The van der Waals surface area contributed by atoms with Gasteiger partial charge in [-0.15, -0.1) is 4.89 Å². The minimum Gasteiger partial charge on any atom is -1.00 e. The molecule has 0 aromatic rings. The quantitative estimate of drug-likeness (QED) is 0.388. The van der Waals surface area contributed by atoms with E-state index in [0.717, 1.165) is 0 Å². The van der Waals surface area contributed by atoms with Crippen LogP contribution in [-0.2, 0) is 8.14 Å². The molecule has 0 saturated heterocycles. The molecule has 32 valence electrons. The van der Waals surface area contributed by atoms with Crippen molar-refractivity contribution in [2.75, 3.05) is 0 Å². The fraction of sp³-hybridized carbons (Fsp3) is 0. The second-order valence-corrected chi connectivity index (χ2v) is 2.36. The first-order chi connectivity index (χ1) is 2.27. The molecule has 0 heterocycles. The second-order valence-electron chi connectivity index (χ2n) is 0.420. The fourth-order valence-corrected chi connectivity index (χ4v) is 0. The van der Waals surface area contributed by atoms with Gasteiger partial charge in [0, 0.05) is 4.57 Å². The third-order valence-electron chi connectivity index (χ3n) is 0.156. The third kappa shape index (κ3) is 9.26. The SMILES string of the molecule is O=[P+](O)[O][AlH2].[Ca+2].[H-].[H-]. The maximum atomic E-state index is 9.33. The van der Waals surface area contributed by atoms with Crippen LogP contribution in [0.5, 0.6) is 0 Å². The van der Waals surface area contributed by atoms with E-state index in [9.17, 15) is 4.57 Å². The summed E-state index contributed by atoms with van der Waals surface area (Å²) in [6.45, 7) is 0. The zero-order valence-electron chi connectivity index (χ0n) is 5.42. The van der Waals surface area contributed by atoms with Crippen LogP contribution in [0.2, 0.25) is 0 Å². The maximum Gasteiger partial charge on any atom is 2.00 e. The molecule has 0 radical (unpaired) electrons. The molecule has 0 aromatic carbocycles. The van der Waals surface area contributed by atoms with E-state index in [2.05, 4.69) is 3.58 Å². The Bertz CT molecular complexity index is 52.5. The molecule has 0 aliphatic heterocycles. The zero-order valence-corrected chi connectivity index (χ0v) is 8.52. The van der Waals surface area contributed by atoms with Gasteiger partial charge in [-0.05, 0) is 0 Å². The third-order valence-corrected chi connectivity index (χ3v) is 1.41. The van der Waals surface area contributed by atoms with E-state index in [0.29, 0.717) is 16.6 Å². The summed E-state index contributed by atoms with van der Waals surface area (Å²) in [5, 5.41) is 0. The Morgan fingerprint density at radius 3 is 2.17 bits per heavy atom. The van der Waals surface area contributed by atoms with Crippen molar-refractivity contribution in [2.24, 2.45) is 0 Å². The van der Waals surface area contributed by atoms with E-state index >= 15 is 0 Å². The van der Waals surface area contributed by atoms with Crippen molar-refractivity contribution < 1.29 is 15.9 Å². The molecule has 3 nitrogen and oxygen atoms in total. The Labute approximate surface area is 77.7 Å². The number of hydrogen-bond acceptors (Lipinski definition) is 2. The molecule has 0 fully saturated rings. The van der Waals surface area contributed by atoms with E-state index in [1.165, 1.54) is 0 Å². The van der Waals surface area contributed by atoms with Gasteiger partial charge in [-0.1, -0.05) is 0 Å². The molecule has 6 heavy (non-hydrogen) atoms. The summed E-state index contributed by atoms with van der Waals surface area (Å²) >= 11 is 0.340. The average Bonchev–Trinajstić information content (AvgIpc) is 1.38. The van der Waals surface area contributed by atoms with Crippen LogP contribution in [0.1, 0.15) is 2.85 Å². The molecule has 0 aliphatic rings. The van der Waals surface area contributed by atoms with Crippen molar-refractivity contribution in [3.63, 3.8) is 0 Å². The normalized spacial score (nSPS) is 9.17. The molecule has 1 unspecified atom stereocenters. The second kappa shape index (κ2) is 6.81. The zero-order chi connectivity index (χ0) is 4.28. The first-order valence-corrected chi connectivity index (χ1v) is 2.92. The summed E-state index contributed by atoms with van der Waals surface area (Å²) in [7, 11) is -2.29. The standard InChI is InChI=1S/Al.Ca.HO3P.4H/c;;1-4(2)3;;;;/h;;(H,1,2,3);;;;/q+1;+2;;;;2*-1. The molecule has 0 bridgehead atoms. The van der Waals surface area contributed by atoms with Crippen molar-refractivity contribution in [2.45, 2.75) is 0 Å². The minimum atomic E-state index is -2.29. The van der Waals surface area contributed by atoms with Gasteiger partial charge < -0.3 is 2.85 Å². The molecule has 0 aromatic heterocycles. The van der Waals surface area contributed by atoms with Crippen LogP contribution in [0, 0.1) is 0 Å². The van der Waals surface area contributed by atoms with E-state index in [1.807, 2.05) is 0 Å². The maximum absolute atomic E-state index is 9.33. The molecule has 1 atom stereocenters. The van der Waals surface area contributed by atoms with Crippen LogP contribution in [-0.4, -0.2) is 59.3 Å². The van der Waals surface area contributed by atoms with Crippen molar-refractivity contribution >= 4 is 62.6 Å². The first kappa shape index (κ1) is 10.7. The summed E-state index contributed by atoms with van der Waals surface area (Å²) in [6.07, 6.45) is 0. The van der Waals surface area contributed by atoms with Gasteiger partial charge in [-0.25, -0.2) is 0 Å². The summed E-state index contributed by atoms with van der Waals surface area (Å²) in [4.78, 5) is 7.68. The molecule has 0 spiro atoms. The molecule has 0 aliphatic carbocycles. The topological polar surface area (TPSA) is 46.5 Å². The summed E-state index contributed by atoms with van der Waals surface area (Å²) < 4.78 is 13.3. The largest absolute Gasteiger partial charge is 2.00 e. The smallest absolute Gasteiger partial charge is 1.00 e. The monoisotopic (exact) mass is 151 g/mol. The van der Waals surface area contributed by atoms with E-state index in [-0.39, 0.29) is 40.6 Å². The first-order valence-electron chi connectivity index (χ1n) is 0.973. The van der Waals surface area contributed by atoms with Gasteiger partial charge in [0.15, 0.2) is 0 Å². The Morgan fingerprint density at radius 2 is 2.17 bits per heavy atom. The Hall–Kier alpha value is 1.81. The number of rotatable bonds is 1. The van der Waals surface area contributed by atoms with E-state index in [1.54, 1.807) is 0 Å². The van der Waals surface area contributed by atoms with Gasteiger partial charge in [0.05, 0.1) is 0 Å². The predicted molar refractivity (Wildman–Crippen MR) is 27.4 cm³/mol. The van der Waals surface area contributed by atoms with Crippen molar-refractivity contribution in [3.05, 3.63) is 0 Å². The van der Waals surface area contributed by atoms with Crippen LogP contribution in [0.3, 0.4) is 0 Å². The molecule has 6 heteroatoms. The van der Waals surface area contributed by atoms with Gasteiger partial charge in [0.25, 0.3) is 0 Å². The molecule has 0 rings (SSSR count). The Balaban J connectivity index is -0.0000000267. The predicted octanol–water partition coefficient (Wildman–Crippen LogP) is -0.955. The van der Waals surface area contributed by atoms with Crippen molar-refractivity contribution in [3.8, 4) is 0 Å². The fourth-order valence-electron chi connectivity index (χ4n) is 0. The van der Waals surface area contributed by atoms with Crippen molar-refractivity contribution in [1.82, 2.24) is 0 Å². The number of hydrogen-bond donors (Lipinski definition) is 1. The summed E-state index contributed by atoms with van der Waals surface area (Å²) in [5.74, 6) is 0. The average molecular weight is 151 g/mol. The Kier molecular flexibility index (Phi) is 12.2. The van der Waals surface area contributed by atoms with Gasteiger partial charge in [0.1, 0.15) is 0 Å². The molecule has 0 saturated carbocycles. The van der Waals surface area contributed by atoms with Crippen LogP contribution < -0.4 is 0 Å². The van der Waals surface area contributed by atoms with Gasteiger partial charge >= 0.3 is 62.6 Å². The van der Waals surface area contributed by atoms with Crippen LogP contribution in [0.4, 0.5) is 0 Å². The minimum absolute atomic E-state index is 0. The Morgan fingerprint density at radius 1 is 2.00 bits per heavy atom. The molecular weight excluding hydrogens is 146 g/mol. The van der Waals surface area contributed by atoms with Gasteiger partial charge in [0.2, 0.25) is 0 Å². The summed E-state index contributed by atoms with van der Waals surface area (Å²) in [6, 6.07) is 0. The van der Waals surface area contributed by atoms with Gasteiger partial charge in [-0.3, -0.25) is 3.58 Å². The van der Waals surface area contributed by atoms with E-state index < -0.39 is 8.25 Å². The molecule has 0 amide bonds. The van der Waals surface area contributed by atoms with Crippen LogP contribution in [0.15, 0.2) is 0 Å². The van der Waals surface area contributed by atoms with Gasteiger partial charge in [-0.2, -0.15) is 0 Å². The van der Waals surface area contributed by atoms with E-state index in [4.69, 9.17) is 4.89 Å². The molecule has 1 N–H and O–H groups in total. The molecular formula is H5AlCaO3P+. The van der Waals surface area contributed by atoms with Crippen LogP contribution in [0.25, 0.3) is 0 Å². The van der Waals surface area contributed by atoms with Crippen molar-refractivity contribution in [1.29, 1.82) is 0 Å². The summed E-state index contributed by atoms with van der Waals surface area (Å²) in [5.41, 5.74) is 0. The van der Waals surface area contributed by atoms with Crippen LogP contribution >= 0.6 is 8.25 Å².